The van der Waals surface area contributed by atoms with Gasteiger partial charge in [-0.05, 0) is 17.7 Å². The van der Waals surface area contributed by atoms with Crippen LogP contribution in [0.25, 0.3) is 0 Å². The molecule has 1 aromatic carbocycles. The summed E-state index contributed by atoms with van der Waals surface area (Å²) in [5.41, 5.74) is 0.959. The summed E-state index contributed by atoms with van der Waals surface area (Å²) in [7, 11) is 0. The van der Waals surface area contributed by atoms with E-state index in [2.05, 4.69) is 0 Å². The smallest absolute Gasteiger partial charge is 0.230 e. The van der Waals surface area contributed by atoms with Crippen LogP contribution in [0.4, 0.5) is 0 Å². The number of phenolic OH excluding ortho intramolecular Hbond substituents is 1. The predicted molar refractivity (Wildman–Crippen MR) is 57.8 cm³/mol. The highest BCUT2D eigenvalue weighted by Gasteiger charge is 2.23. The minimum absolute atomic E-state index is 0.0203. The maximum Gasteiger partial charge on any atom is 0.230 e. The molecule has 1 amide bonds. The number of phenols is 1. The van der Waals surface area contributed by atoms with Gasteiger partial charge in [0.2, 0.25) is 5.91 Å². The Morgan fingerprint density at radius 1 is 1.19 bits per heavy atom. The highest BCUT2D eigenvalue weighted by molar-refractivity contribution is 6.00. The quantitative estimate of drug-likeness (QED) is 0.757. The summed E-state index contributed by atoms with van der Waals surface area (Å²) in [5, 5.41) is 9.12. The maximum atomic E-state index is 11.5. The van der Waals surface area contributed by atoms with Gasteiger partial charge in [-0.1, -0.05) is 12.1 Å². The molecule has 84 valence electrons. The van der Waals surface area contributed by atoms with Gasteiger partial charge >= 0.3 is 0 Å². The van der Waals surface area contributed by atoms with Crippen molar-refractivity contribution < 1.29 is 14.7 Å². The summed E-state index contributed by atoms with van der Waals surface area (Å²) in [4.78, 5) is 24.2. The fourth-order valence-electron chi connectivity index (χ4n) is 1.74. The number of rotatable bonds is 2. The van der Waals surface area contributed by atoms with Crippen molar-refractivity contribution in [2.24, 2.45) is 0 Å². The van der Waals surface area contributed by atoms with E-state index in [1.807, 2.05) is 0 Å². The molecule has 1 N–H and O–H groups in total. The number of carbonyl (C=O) groups is 2. The highest BCUT2D eigenvalue weighted by Crippen LogP contribution is 2.15. The molecule has 0 saturated carbocycles. The average molecular weight is 219 g/mol. The minimum atomic E-state index is -0.107. The van der Waals surface area contributed by atoms with E-state index in [0.29, 0.717) is 19.5 Å². The van der Waals surface area contributed by atoms with E-state index in [4.69, 9.17) is 5.11 Å². The molecule has 1 saturated heterocycles. The SMILES string of the molecule is O=C1CCN(Cc2ccc(O)cc2)C(=O)C1. The van der Waals surface area contributed by atoms with Gasteiger partial charge < -0.3 is 10.0 Å². The highest BCUT2D eigenvalue weighted by atomic mass is 16.3. The number of hydrogen-bond acceptors (Lipinski definition) is 3. The number of carbonyl (C=O) groups excluding carboxylic acids is 2. The first kappa shape index (κ1) is 10.7. The van der Waals surface area contributed by atoms with Gasteiger partial charge in [0.1, 0.15) is 11.5 Å². The summed E-state index contributed by atoms with van der Waals surface area (Å²) in [6, 6.07) is 6.74. The van der Waals surface area contributed by atoms with E-state index in [1.54, 1.807) is 29.2 Å². The van der Waals surface area contributed by atoms with Crippen molar-refractivity contribution in [1.82, 2.24) is 4.90 Å². The molecule has 0 atom stereocenters. The lowest BCUT2D eigenvalue weighted by Crippen LogP contribution is -2.38. The van der Waals surface area contributed by atoms with Crippen LogP contribution in [0.1, 0.15) is 18.4 Å². The molecule has 0 unspecified atom stereocenters. The van der Waals surface area contributed by atoms with E-state index in [9.17, 15) is 9.59 Å². The van der Waals surface area contributed by atoms with Gasteiger partial charge in [-0.15, -0.1) is 0 Å². The molecule has 0 spiro atoms. The number of likely N-dealkylation sites (tertiary alicyclic amines) is 1. The van der Waals surface area contributed by atoms with Crippen LogP contribution in [0.5, 0.6) is 5.75 Å². The number of aromatic hydroxyl groups is 1. The van der Waals surface area contributed by atoms with Crippen LogP contribution in [0.15, 0.2) is 24.3 Å². The van der Waals surface area contributed by atoms with Gasteiger partial charge in [0.05, 0.1) is 6.42 Å². The lowest BCUT2D eigenvalue weighted by Gasteiger charge is -2.26. The molecular formula is C12H13NO3. The normalized spacial score (nSPS) is 16.6. The number of piperidine rings is 1. The zero-order valence-corrected chi connectivity index (χ0v) is 8.85. The molecule has 0 radical (unpaired) electrons. The molecule has 4 heteroatoms. The Bertz CT molecular complexity index is 411. The van der Waals surface area contributed by atoms with Crippen molar-refractivity contribution >= 4 is 11.7 Å². The summed E-state index contributed by atoms with van der Waals surface area (Å²) in [6.07, 6.45) is 0.474. The topological polar surface area (TPSA) is 57.6 Å². The molecule has 1 aliphatic rings. The molecule has 0 aromatic heterocycles. The van der Waals surface area contributed by atoms with Crippen LogP contribution >= 0.6 is 0 Å². The summed E-state index contributed by atoms with van der Waals surface area (Å²) in [6.45, 7) is 1.00. The molecule has 4 nitrogen and oxygen atoms in total. The number of ketones is 1. The van der Waals surface area contributed by atoms with Crippen molar-refractivity contribution in [1.29, 1.82) is 0 Å². The van der Waals surface area contributed by atoms with E-state index in [-0.39, 0.29) is 23.9 Å². The van der Waals surface area contributed by atoms with Crippen molar-refractivity contribution in [2.75, 3.05) is 6.54 Å². The second kappa shape index (κ2) is 4.35. The monoisotopic (exact) mass is 219 g/mol. The van der Waals surface area contributed by atoms with Crippen LogP contribution in [0, 0.1) is 0 Å². The largest absolute Gasteiger partial charge is 0.508 e. The summed E-state index contributed by atoms with van der Waals surface area (Å²) in [5.74, 6) is 0.125. The third-order valence-electron chi connectivity index (χ3n) is 2.67. The third-order valence-corrected chi connectivity index (χ3v) is 2.67. The van der Waals surface area contributed by atoms with Gasteiger partial charge in [0.15, 0.2) is 0 Å². The number of amides is 1. The van der Waals surface area contributed by atoms with Crippen LogP contribution in [-0.4, -0.2) is 28.2 Å². The lowest BCUT2D eigenvalue weighted by molar-refractivity contribution is -0.139. The number of hydrogen-bond donors (Lipinski definition) is 1. The van der Waals surface area contributed by atoms with E-state index in [0.717, 1.165) is 5.56 Å². The molecule has 1 aliphatic heterocycles. The Hall–Kier alpha value is -1.84. The fourth-order valence-corrected chi connectivity index (χ4v) is 1.74. The first-order valence-electron chi connectivity index (χ1n) is 5.22. The van der Waals surface area contributed by atoms with Gasteiger partial charge in [-0.3, -0.25) is 9.59 Å². The molecule has 0 bridgehead atoms. The fraction of sp³-hybridized carbons (Fsp3) is 0.333. The van der Waals surface area contributed by atoms with E-state index in [1.165, 1.54) is 0 Å². The van der Waals surface area contributed by atoms with Gasteiger partial charge in [-0.2, -0.15) is 0 Å². The molecule has 1 fully saturated rings. The summed E-state index contributed by atoms with van der Waals surface area (Å²) >= 11 is 0. The van der Waals surface area contributed by atoms with Crippen molar-refractivity contribution in [3.63, 3.8) is 0 Å². The Morgan fingerprint density at radius 3 is 2.50 bits per heavy atom. The molecule has 0 aliphatic carbocycles. The third kappa shape index (κ3) is 2.39. The van der Waals surface area contributed by atoms with E-state index < -0.39 is 0 Å². The number of benzene rings is 1. The first-order valence-corrected chi connectivity index (χ1v) is 5.22. The Balaban J connectivity index is 2.02. The second-order valence-corrected chi connectivity index (χ2v) is 3.95. The molecule has 16 heavy (non-hydrogen) atoms. The van der Waals surface area contributed by atoms with Gasteiger partial charge in [0.25, 0.3) is 0 Å². The van der Waals surface area contributed by atoms with Crippen LogP contribution in [0.3, 0.4) is 0 Å². The first-order chi connectivity index (χ1) is 7.65. The van der Waals surface area contributed by atoms with Crippen LogP contribution < -0.4 is 0 Å². The summed E-state index contributed by atoms with van der Waals surface area (Å²) < 4.78 is 0. The van der Waals surface area contributed by atoms with Crippen LogP contribution in [0.2, 0.25) is 0 Å². The Morgan fingerprint density at radius 2 is 1.88 bits per heavy atom. The Kier molecular flexibility index (Phi) is 2.90. The van der Waals surface area contributed by atoms with Crippen molar-refractivity contribution in [2.45, 2.75) is 19.4 Å². The molecule has 1 heterocycles. The molecular weight excluding hydrogens is 206 g/mol. The maximum absolute atomic E-state index is 11.5. The Labute approximate surface area is 93.5 Å². The van der Waals surface area contributed by atoms with Crippen molar-refractivity contribution in [3.05, 3.63) is 29.8 Å². The second-order valence-electron chi connectivity index (χ2n) is 3.95. The van der Waals surface area contributed by atoms with E-state index >= 15 is 0 Å². The number of Topliss-reactive ketones (excluding diaryl/α,β-unsaturated/α-hetero) is 1. The zero-order chi connectivity index (χ0) is 11.5. The predicted octanol–water partition coefficient (Wildman–Crippen LogP) is 1.08. The lowest BCUT2D eigenvalue weighted by atomic mass is 10.1. The standard InChI is InChI=1S/C12H13NO3/c14-10-3-1-9(2-4-10)8-13-6-5-11(15)7-12(13)16/h1-4,14H,5-8H2. The van der Waals surface area contributed by atoms with Crippen LogP contribution in [-0.2, 0) is 16.1 Å². The molecule has 1 aromatic rings. The minimum Gasteiger partial charge on any atom is -0.508 e. The number of nitrogens with zero attached hydrogens (tertiary/aromatic N) is 1. The molecule has 2 rings (SSSR count). The van der Waals surface area contributed by atoms with Gasteiger partial charge in [-0.25, -0.2) is 0 Å². The average Bonchev–Trinajstić information content (AvgIpc) is 2.25. The zero-order valence-electron chi connectivity index (χ0n) is 8.85. The van der Waals surface area contributed by atoms with Crippen molar-refractivity contribution in [3.8, 4) is 5.75 Å². The van der Waals surface area contributed by atoms with Gasteiger partial charge in [0, 0.05) is 19.5 Å².